The first-order valence-corrected chi connectivity index (χ1v) is 8.72. The van der Waals surface area contributed by atoms with Gasteiger partial charge >= 0.3 is 0 Å². The number of hydrogen-bond acceptors (Lipinski definition) is 6. The Morgan fingerprint density at radius 3 is 3.10 bits per heavy atom. The second-order valence-corrected chi connectivity index (χ2v) is 7.33. The first kappa shape index (κ1) is 13.8. The molecule has 0 aliphatic heterocycles. The van der Waals surface area contributed by atoms with Crippen LogP contribution >= 0.6 is 11.3 Å². The maximum atomic E-state index is 12.2. The Bertz CT molecular complexity index is 702. The van der Waals surface area contributed by atoms with Crippen LogP contribution in [0.5, 0.6) is 0 Å². The van der Waals surface area contributed by atoms with Crippen LogP contribution in [0.2, 0.25) is 0 Å². The molecule has 0 radical (unpaired) electrons. The van der Waals surface area contributed by atoms with E-state index in [-0.39, 0.29) is 17.4 Å². The number of aromatic nitrogens is 2. The van der Waals surface area contributed by atoms with Gasteiger partial charge in [-0.25, -0.2) is 18.1 Å². The number of hydrogen-bond donors (Lipinski definition) is 2. The van der Waals surface area contributed by atoms with Gasteiger partial charge in [0.05, 0.1) is 6.61 Å². The summed E-state index contributed by atoms with van der Waals surface area (Å²) in [6.45, 7) is 1.30. The van der Waals surface area contributed by atoms with Crippen molar-refractivity contribution in [2.45, 2.75) is 17.9 Å². The Balaban J connectivity index is 1.64. The summed E-state index contributed by atoms with van der Waals surface area (Å²) >= 11 is 1.34. The van der Waals surface area contributed by atoms with E-state index in [4.69, 9.17) is 10.5 Å². The molecule has 1 saturated carbocycles. The second-order valence-electron chi connectivity index (χ2n) is 4.77. The number of nitrogens with one attached hydrogen (secondary N) is 1. The predicted octanol–water partition coefficient (Wildman–Crippen LogP) is 0.683. The van der Waals surface area contributed by atoms with Crippen molar-refractivity contribution < 1.29 is 13.2 Å². The molecule has 1 aliphatic rings. The molecule has 7 nitrogen and oxygen atoms in total. The number of nitrogens with zero attached hydrogens (tertiary/aromatic N) is 2. The molecule has 3 rings (SSSR count). The van der Waals surface area contributed by atoms with Gasteiger partial charge in [0.2, 0.25) is 0 Å². The normalized spacial score (nSPS) is 16.0. The van der Waals surface area contributed by atoms with Crippen LogP contribution in [-0.2, 0) is 14.8 Å². The lowest BCUT2D eigenvalue weighted by Crippen LogP contribution is -2.29. The zero-order valence-corrected chi connectivity index (χ0v) is 12.4. The third-order valence-electron chi connectivity index (χ3n) is 3.09. The van der Waals surface area contributed by atoms with Crippen LogP contribution in [0.15, 0.2) is 16.6 Å². The maximum Gasteiger partial charge on any atom is 0.260 e. The highest BCUT2D eigenvalue weighted by molar-refractivity contribution is 7.89. The van der Waals surface area contributed by atoms with Crippen LogP contribution in [0.3, 0.4) is 0 Å². The quantitative estimate of drug-likeness (QED) is 0.732. The Kier molecular flexibility index (Phi) is 3.67. The monoisotopic (exact) mass is 316 g/mol. The van der Waals surface area contributed by atoms with Gasteiger partial charge in [0.1, 0.15) is 0 Å². The van der Waals surface area contributed by atoms with Crippen molar-refractivity contribution in [2.24, 2.45) is 5.92 Å². The number of fused-ring (bicyclic) bond motifs is 1. The standard InChI is InChI=1S/C11H16N4O3S2/c12-9-10(15-4-6-19-11(15)14-9)20(16,17)13-3-5-18-7-8-1-2-8/h4,6,8,13H,1-3,5,7,12H2. The fraction of sp³-hybridized carbons (Fsp3) is 0.545. The highest BCUT2D eigenvalue weighted by Gasteiger charge is 2.24. The van der Waals surface area contributed by atoms with E-state index >= 15 is 0 Å². The van der Waals surface area contributed by atoms with Gasteiger partial charge in [0.25, 0.3) is 10.0 Å². The average Bonchev–Trinajstić information content (AvgIpc) is 3.00. The van der Waals surface area contributed by atoms with Crippen molar-refractivity contribution in [3.05, 3.63) is 11.6 Å². The molecular weight excluding hydrogens is 300 g/mol. The van der Waals surface area contributed by atoms with Gasteiger partial charge < -0.3 is 10.5 Å². The van der Waals surface area contributed by atoms with Crippen LogP contribution in [0.25, 0.3) is 4.96 Å². The van der Waals surface area contributed by atoms with E-state index in [0.29, 0.717) is 24.1 Å². The summed E-state index contributed by atoms with van der Waals surface area (Å²) in [7, 11) is -3.68. The molecule has 0 amide bonds. The van der Waals surface area contributed by atoms with Gasteiger partial charge in [0.15, 0.2) is 15.8 Å². The predicted molar refractivity (Wildman–Crippen MR) is 76.2 cm³/mol. The molecule has 9 heteroatoms. The van der Waals surface area contributed by atoms with Crippen molar-refractivity contribution in [1.29, 1.82) is 0 Å². The van der Waals surface area contributed by atoms with Gasteiger partial charge in [-0.15, -0.1) is 11.3 Å². The topological polar surface area (TPSA) is 98.7 Å². The SMILES string of the molecule is Nc1nc2sccn2c1S(=O)(=O)NCCOCC1CC1. The lowest BCUT2D eigenvalue weighted by Gasteiger charge is -2.07. The second kappa shape index (κ2) is 5.32. The average molecular weight is 316 g/mol. The summed E-state index contributed by atoms with van der Waals surface area (Å²) < 4.78 is 33.8. The number of nitrogens with two attached hydrogens (primary N) is 1. The van der Waals surface area contributed by atoms with Crippen LogP contribution < -0.4 is 10.5 Å². The van der Waals surface area contributed by atoms with E-state index in [2.05, 4.69) is 9.71 Å². The van der Waals surface area contributed by atoms with E-state index in [0.717, 1.165) is 0 Å². The molecular formula is C11H16N4O3S2. The Morgan fingerprint density at radius 1 is 1.55 bits per heavy atom. The number of ether oxygens (including phenoxy) is 1. The molecule has 2 aromatic rings. The fourth-order valence-electron chi connectivity index (χ4n) is 1.90. The van der Waals surface area contributed by atoms with Crippen LogP contribution in [0, 0.1) is 5.92 Å². The third-order valence-corrected chi connectivity index (χ3v) is 5.34. The Hall–Kier alpha value is -1.16. The van der Waals surface area contributed by atoms with Crippen molar-refractivity contribution in [1.82, 2.24) is 14.1 Å². The van der Waals surface area contributed by atoms with Gasteiger partial charge in [-0.05, 0) is 18.8 Å². The van der Waals surface area contributed by atoms with Crippen LogP contribution in [-0.4, -0.2) is 37.6 Å². The van der Waals surface area contributed by atoms with Gasteiger partial charge in [-0.1, -0.05) is 0 Å². The van der Waals surface area contributed by atoms with Gasteiger partial charge in [-0.2, -0.15) is 0 Å². The zero-order chi connectivity index (χ0) is 14.2. The number of thiazole rings is 1. The van der Waals surface area contributed by atoms with E-state index < -0.39 is 10.0 Å². The van der Waals surface area contributed by atoms with E-state index in [1.807, 2.05) is 0 Å². The zero-order valence-electron chi connectivity index (χ0n) is 10.8. The molecule has 2 heterocycles. The van der Waals surface area contributed by atoms with E-state index in [1.54, 1.807) is 11.6 Å². The Labute approximate surface area is 120 Å². The molecule has 0 atom stereocenters. The summed E-state index contributed by atoms with van der Waals surface area (Å²) in [5.41, 5.74) is 5.69. The minimum atomic E-state index is -3.68. The van der Waals surface area contributed by atoms with Crippen molar-refractivity contribution in [3.63, 3.8) is 0 Å². The van der Waals surface area contributed by atoms with Crippen molar-refractivity contribution >= 4 is 32.1 Å². The first-order valence-electron chi connectivity index (χ1n) is 6.36. The summed E-state index contributed by atoms with van der Waals surface area (Å²) in [6, 6.07) is 0. The molecule has 0 aromatic carbocycles. The smallest absolute Gasteiger partial charge is 0.260 e. The number of rotatable bonds is 7. The van der Waals surface area contributed by atoms with Crippen molar-refractivity contribution in [2.75, 3.05) is 25.5 Å². The first-order chi connectivity index (χ1) is 9.58. The minimum Gasteiger partial charge on any atom is -0.381 e. The molecule has 1 aliphatic carbocycles. The molecule has 1 fully saturated rings. The highest BCUT2D eigenvalue weighted by Crippen LogP contribution is 2.28. The lowest BCUT2D eigenvalue weighted by atomic mass is 10.5. The van der Waals surface area contributed by atoms with E-state index in [9.17, 15) is 8.42 Å². The number of anilines is 1. The number of sulfonamides is 1. The van der Waals surface area contributed by atoms with Crippen LogP contribution in [0.4, 0.5) is 5.82 Å². The molecule has 110 valence electrons. The van der Waals surface area contributed by atoms with Gasteiger partial charge in [-0.3, -0.25) is 4.40 Å². The summed E-state index contributed by atoms with van der Waals surface area (Å²) in [4.78, 5) is 4.59. The molecule has 3 N–H and O–H groups in total. The molecule has 20 heavy (non-hydrogen) atoms. The summed E-state index contributed by atoms with van der Waals surface area (Å²) in [5.74, 6) is 0.686. The van der Waals surface area contributed by atoms with Gasteiger partial charge in [0, 0.05) is 24.7 Å². The van der Waals surface area contributed by atoms with E-state index in [1.165, 1.54) is 28.6 Å². The highest BCUT2D eigenvalue weighted by atomic mass is 32.2. The third kappa shape index (κ3) is 2.80. The molecule has 0 spiro atoms. The summed E-state index contributed by atoms with van der Waals surface area (Å²) in [5, 5.41) is 1.76. The number of imidazole rings is 1. The number of nitrogen functional groups attached to an aromatic ring is 1. The fourth-order valence-corrected chi connectivity index (χ4v) is 3.89. The van der Waals surface area contributed by atoms with Crippen LogP contribution in [0.1, 0.15) is 12.8 Å². The molecule has 0 unspecified atom stereocenters. The molecule has 0 saturated heterocycles. The maximum absolute atomic E-state index is 12.2. The summed E-state index contributed by atoms with van der Waals surface area (Å²) in [6.07, 6.45) is 4.07. The van der Waals surface area contributed by atoms with Crippen molar-refractivity contribution in [3.8, 4) is 0 Å². The minimum absolute atomic E-state index is 0.00376. The largest absolute Gasteiger partial charge is 0.381 e. The lowest BCUT2D eigenvalue weighted by molar-refractivity contribution is 0.129. The molecule has 2 aromatic heterocycles. The Morgan fingerprint density at radius 2 is 2.35 bits per heavy atom. The molecule has 0 bridgehead atoms.